The number of carbonyl (C=O) groups is 3. The van der Waals surface area contributed by atoms with Crippen molar-refractivity contribution in [2.24, 2.45) is 5.92 Å². The number of rotatable bonds is 20. The van der Waals surface area contributed by atoms with Gasteiger partial charge in [0.15, 0.2) is 0 Å². The molecule has 0 saturated carbocycles. The summed E-state index contributed by atoms with van der Waals surface area (Å²) in [7, 11) is 0. The van der Waals surface area contributed by atoms with Gasteiger partial charge in [-0.05, 0) is 5.92 Å². The molecule has 0 N–H and O–H groups in total. The molecule has 0 heterocycles. The van der Waals surface area contributed by atoms with Crippen molar-refractivity contribution < 1.29 is 41.7 Å². The molecule has 7 heteroatoms. The SMILES string of the molecule is C=C(C)C(=O)[O][Ti](=[O])([O]C(=O)C(=C)C)[C](=O)CCCCCCCCCCCCCCC(C)C. The van der Waals surface area contributed by atoms with Crippen molar-refractivity contribution in [3.63, 3.8) is 0 Å². The van der Waals surface area contributed by atoms with Crippen LogP contribution >= 0.6 is 0 Å². The predicted octanol–water partition coefficient (Wildman–Crippen LogP) is 7.20. The molecule has 0 atom stereocenters. The van der Waals surface area contributed by atoms with Crippen molar-refractivity contribution in [3.05, 3.63) is 24.3 Å². The Morgan fingerprint density at radius 3 is 1.33 bits per heavy atom. The summed E-state index contributed by atoms with van der Waals surface area (Å²) in [5.41, 5.74) is -0.0442. The van der Waals surface area contributed by atoms with Crippen LogP contribution in [0.3, 0.4) is 0 Å². The molecule has 0 unspecified atom stereocenters. The Hall–Kier alpha value is -1.40. The van der Waals surface area contributed by atoms with E-state index in [2.05, 4.69) is 27.0 Å². The van der Waals surface area contributed by atoms with Crippen LogP contribution in [-0.2, 0) is 41.7 Å². The molecule has 0 amide bonds. The molecule has 33 heavy (non-hydrogen) atoms. The van der Waals surface area contributed by atoms with E-state index in [1.165, 1.54) is 71.6 Å². The molecule has 0 rings (SSSR count). The number of hydrogen-bond acceptors (Lipinski definition) is 6. The fourth-order valence-electron chi connectivity index (χ4n) is 3.31. The molecule has 6 nitrogen and oxygen atoms in total. The standard InChI is InChI=1S/C18H35O.2C4H6O2.O.Ti/c1-18(2)16-14-12-10-8-6-4-3-5-7-9-11-13-15-17-19;2*1-3(2)4(5)6;;/h18H,3-16H2,1-2H3;2*1H2,2H3,(H,5,6);;/q;;;;+2/p-2. The molecule has 0 spiro atoms. The summed E-state index contributed by atoms with van der Waals surface area (Å²) < 4.78 is 21.7. The zero-order valence-electron chi connectivity index (χ0n) is 21.3. The summed E-state index contributed by atoms with van der Waals surface area (Å²) in [6.45, 7) is 14.1. The van der Waals surface area contributed by atoms with Gasteiger partial charge in [0.1, 0.15) is 0 Å². The van der Waals surface area contributed by atoms with Gasteiger partial charge in [-0.15, -0.1) is 0 Å². The van der Waals surface area contributed by atoms with Crippen LogP contribution in [0.5, 0.6) is 0 Å². The third-order valence-electron chi connectivity index (χ3n) is 5.43. The minimum Gasteiger partial charge on any atom is -0.0628 e. The van der Waals surface area contributed by atoms with E-state index < -0.39 is 33.4 Å². The molecule has 189 valence electrons. The van der Waals surface area contributed by atoms with Gasteiger partial charge in [-0.2, -0.15) is 0 Å². The van der Waals surface area contributed by atoms with E-state index in [1.807, 2.05) is 0 Å². The summed E-state index contributed by atoms with van der Waals surface area (Å²) >= 11 is -5.52. The minimum absolute atomic E-state index is 0.0221. The predicted molar refractivity (Wildman–Crippen MR) is 127 cm³/mol. The Morgan fingerprint density at radius 1 is 0.667 bits per heavy atom. The van der Waals surface area contributed by atoms with E-state index in [0.29, 0.717) is 6.42 Å². The first-order chi connectivity index (χ1) is 15.5. The maximum atomic E-state index is 12.9. The maximum absolute atomic E-state index is 12.9. The summed E-state index contributed by atoms with van der Waals surface area (Å²) in [5.74, 6) is -1.18. The molecule has 0 aliphatic heterocycles. The smallest absolute Gasteiger partial charge is 0.0628 e. The topological polar surface area (TPSA) is 86.7 Å². The van der Waals surface area contributed by atoms with Gasteiger partial charge in [-0.3, -0.25) is 0 Å². The van der Waals surface area contributed by atoms with Crippen LogP contribution in [0.4, 0.5) is 0 Å². The quantitative estimate of drug-likeness (QED) is 0.0996. The Morgan fingerprint density at radius 2 is 1.00 bits per heavy atom. The first-order valence-corrected chi connectivity index (χ1v) is 15.2. The van der Waals surface area contributed by atoms with E-state index in [4.69, 9.17) is 6.64 Å². The summed E-state index contributed by atoms with van der Waals surface area (Å²) in [6.07, 6.45) is 15.1. The van der Waals surface area contributed by atoms with Gasteiger partial charge in [0, 0.05) is 0 Å². The van der Waals surface area contributed by atoms with E-state index in [0.717, 1.165) is 25.2 Å². The Kier molecular flexibility index (Phi) is 17.2. The van der Waals surface area contributed by atoms with Gasteiger partial charge >= 0.3 is 166 Å². The third kappa shape index (κ3) is 16.0. The van der Waals surface area contributed by atoms with Crippen LogP contribution in [0.2, 0.25) is 0 Å². The molecule has 0 aliphatic rings. The molecule has 0 bridgehead atoms. The second kappa shape index (κ2) is 18.0. The van der Waals surface area contributed by atoms with Crippen molar-refractivity contribution in [2.45, 2.75) is 118 Å². The summed E-state index contributed by atoms with van der Waals surface area (Å²) in [5, 5.41) is 0. The second-order valence-electron chi connectivity index (χ2n) is 9.49. The zero-order chi connectivity index (χ0) is 25.3. The van der Waals surface area contributed by atoms with Gasteiger partial charge < -0.3 is 0 Å². The minimum atomic E-state index is -5.52. The Balaban J connectivity index is 4.07. The normalized spacial score (nSPS) is 11.3. The van der Waals surface area contributed by atoms with Crippen LogP contribution < -0.4 is 0 Å². The van der Waals surface area contributed by atoms with Crippen LogP contribution in [0.15, 0.2) is 24.3 Å². The zero-order valence-corrected chi connectivity index (χ0v) is 22.9. The van der Waals surface area contributed by atoms with Gasteiger partial charge in [0.2, 0.25) is 0 Å². The number of unbranched alkanes of at least 4 members (excludes halogenated alkanes) is 11. The Labute approximate surface area is 205 Å². The third-order valence-corrected chi connectivity index (χ3v) is 8.30. The van der Waals surface area contributed by atoms with Crippen molar-refractivity contribution in [3.8, 4) is 0 Å². The average Bonchev–Trinajstić information content (AvgIpc) is 2.73. The number of carbonyl (C=O) groups excluding carboxylic acids is 3. The van der Waals surface area contributed by atoms with Gasteiger partial charge in [-0.1, -0.05) is 33.1 Å². The van der Waals surface area contributed by atoms with Crippen molar-refractivity contribution in [1.29, 1.82) is 0 Å². The van der Waals surface area contributed by atoms with E-state index in [-0.39, 0.29) is 17.6 Å². The average molecular weight is 502 g/mol. The summed E-state index contributed by atoms with van der Waals surface area (Å²) in [4.78, 5) is 36.0. The van der Waals surface area contributed by atoms with Crippen molar-refractivity contribution >= 4 is 16.0 Å². The van der Waals surface area contributed by atoms with E-state index in [9.17, 15) is 17.7 Å². The fourth-order valence-corrected chi connectivity index (χ4v) is 5.79. The molecule has 0 fully saturated rings. The van der Waals surface area contributed by atoms with Crippen LogP contribution in [0.1, 0.15) is 118 Å². The van der Waals surface area contributed by atoms with Crippen molar-refractivity contribution in [1.82, 2.24) is 0 Å². The Bertz CT molecular complexity index is 663. The molecular weight excluding hydrogens is 456 g/mol. The van der Waals surface area contributed by atoms with Gasteiger partial charge in [0.05, 0.1) is 0 Å². The van der Waals surface area contributed by atoms with Gasteiger partial charge in [-0.25, -0.2) is 0 Å². The molecule has 0 aliphatic carbocycles. The van der Waals surface area contributed by atoms with Crippen LogP contribution in [0, 0.1) is 5.92 Å². The molecule has 0 aromatic rings. The first kappa shape index (κ1) is 31.6. The molecule has 0 aromatic carbocycles. The second-order valence-corrected chi connectivity index (χ2v) is 12.7. The van der Waals surface area contributed by atoms with Gasteiger partial charge in [0.25, 0.3) is 0 Å². The monoisotopic (exact) mass is 501 g/mol. The molecule has 0 aromatic heterocycles. The van der Waals surface area contributed by atoms with Crippen LogP contribution in [0.25, 0.3) is 0 Å². The van der Waals surface area contributed by atoms with Crippen molar-refractivity contribution in [2.75, 3.05) is 0 Å². The molecule has 0 saturated heterocycles. The summed E-state index contributed by atoms with van der Waals surface area (Å²) in [6, 6.07) is 0. The number of hydrogen-bond donors (Lipinski definition) is 0. The van der Waals surface area contributed by atoms with E-state index in [1.54, 1.807) is 0 Å². The first-order valence-electron chi connectivity index (χ1n) is 12.5. The van der Waals surface area contributed by atoms with E-state index >= 15 is 0 Å². The fraction of sp³-hybridized carbons (Fsp3) is 0.731. The molecule has 0 radical (unpaired) electrons. The molecular formula is C26H45O6Ti. The van der Waals surface area contributed by atoms with Crippen LogP contribution in [-0.4, -0.2) is 16.0 Å².